The number of hydrogen-bond acceptors (Lipinski definition) is 4. The Hall–Kier alpha value is -0.670. The zero-order chi connectivity index (χ0) is 18.2. The smallest absolute Gasteiger partial charge is 0.191 e. The lowest BCUT2D eigenvalue weighted by molar-refractivity contribution is 0.297. The van der Waals surface area contributed by atoms with Gasteiger partial charge in [0.15, 0.2) is 5.96 Å². The average molecular weight is 492 g/mol. The van der Waals surface area contributed by atoms with Crippen LogP contribution in [0.15, 0.2) is 29.3 Å². The van der Waals surface area contributed by atoms with Crippen LogP contribution in [-0.2, 0) is 0 Å². The molecule has 0 aliphatic heterocycles. The van der Waals surface area contributed by atoms with Crippen LogP contribution in [0.2, 0.25) is 0 Å². The lowest BCUT2D eigenvalue weighted by atomic mass is 10.1. The van der Waals surface area contributed by atoms with Crippen LogP contribution in [0.3, 0.4) is 0 Å². The van der Waals surface area contributed by atoms with Crippen molar-refractivity contribution in [1.29, 1.82) is 0 Å². The van der Waals surface area contributed by atoms with Gasteiger partial charge >= 0.3 is 0 Å². The van der Waals surface area contributed by atoms with E-state index in [1.54, 1.807) is 7.11 Å². The number of nitrogens with zero attached hydrogens (tertiary/aromatic N) is 2. The Morgan fingerprint density at radius 3 is 2.73 bits per heavy atom. The van der Waals surface area contributed by atoms with Crippen LogP contribution in [0.5, 0.6) is 5.75 Å². The molecule has 1 saturated carbocycles. The van der Waals surface area contributed by atoms with E-state index in [1.807, 2.05) is 30.9 Å². The van der Waals surface area contributed by atoms with Gasteiger partial charge in [-0.2, -0.15) is 11.8 Å². The van der Waals surface area contributed by atoms with Gasteiger partial charge in [0.1, 0.15) is 5.75 Å². The largest absolute Gasteiger partial charge is 0.497 e. The van der Waals surface area contributed by atoms with Crippen molar-refractivity contribution < 1.29 is 4.74 Å². The van der Waals surface area contributed by atoms with Gasteiger partial charge in [-0.25, -0.2) is 0 Å². The van der Waals surface area contributed by atoms with Gasteiger partial charge in [0.25, 0.3) is 0 Å². The number of likely N-dealkylation sites (N-methyl/N-ethyl adjacent to an activating group) is 1. The van der Waals surface area contributed by atoms with E-state index in [9.17, 15) is 0 Å². The Morgan fingerprint density at radius 1 is 1.38 bits per heavy atom. The number of benzene rings is 1. The van der Waals surface area contributed by atoms with Crippen LogP contribution in [0.4, 0.5) is 0 Å². The van der Waals surface area contributed by atoms with Crippen molar-refractivity contribution in [1.82, 2.24) is 15.5 Å². The highest BCUT2D eigenvalue weighted by molar-refractivity contribution is 14.0. The molecule has 3 unspecified atom stereocenters. The fourth-order valence-corrected chi connectivity index (χ4v) is 4.11. The molecule has 148 valence electrons. The number of thioether (sulfide) groups is 1. The standard InChI is InChI=1S/C19H32N4OS.HI/c1-20-19(22-15-9-10-17(12-15)25-5)21-13-18(23(2)3)14-7-6-8-16(11-14)24-4;/h6-8,11,15,17-18H,9-10,12-13H2,1-5H3,(H2,20,21,22);1H. The molecule has 1 fully saturated rings. The third-order valence-corrected chi connectivity index (χ3v) is 5.94. The number of rotatable bonds is 7. The van der Waals surface area contributed by atoms with Crippen LogP contribution in [0.25, 0.3) is 0 Å². The van der Waals surface area contributed by atoms with Gasteiger partial charge < -0.3 is 20.3 Å². The summed E-state index contributed by atoms with van der Waals surface area (Å²) in [6, 6.07) is 9.04. The number of guanidine groups is 1. The van der Waals surface area contributed by atoms with Gasteiger partial charge in [0.05, 0.1) is 13.2 Å². The van der Waals surface area contributed by atoms with Crippen LogP contribution in [-0.4, -0.2) is 63.2 Å². The summed E-state index contributed by atoms with van der Waals surface area (Å²) in [7, 11) is 7.74. The Balaban J connectivity index is 0.00000338. The first-order valence-electron chi connectivity index (χ1n) is 8.87. The molecule has 7 heteroatoms. The van der Waals surface area contributed by atoms with E-state index in [2.05, 4.69) is 53.0 Å². The lowest BCUT2D eigenvalue weighted by Crippen LogP contribution is -2.45. The van der Waals surface area contributed by atoms with Gasteiger partial charge in [0, 0.05) is 24.9 Å². The Bertz CT molecular complexity index is 570. The van der Waals surface area contributed by atoms with Crippen molar-refractivity contribution in [2.45, 2.75) is 36.6 Å². The van der Waals surface area contributed by atoms with Crippen molar-refractivity contribution in [3.8, 4) is 5.75 Å². The molecule has 0 aromatic heterocycles. The summed E-state index contributed by atoms with van der Waals surface area (Å²) in [5.74, 6) is 1.78. The second-order valence-electron chi connectivity index (χ2n) is 6.72. The highest BCUT2D eigenvalue weighted by Crippen LogP contribution is 2.28. The van der Waals surface area contributed by atoms with Gasteiger partial charge in [0.2, 0.25) is 0 Å². The third-order valence-electron chi connectivity index (χ3n) is 4.85. The number of halogens is 1. The molecule has 2 rings (SSSR count). The molecule has 3 atom stereocenters. The molecule has 0 saturated heterocycles. The molecule has 1 aromatic rings. The van der Waals surface area contributed by atoms with E-state index in [4.69, 9.17) is 4.74 Å². The Labute approximate surface area is 179 Å². The summed E-state index contributed by atoms with van der Waals surface area (Å²) < 4.78 is 5.36. The predicted molar refractivity (Wildman–Crippen MR) is 124 cm³/mol. The topological polar surface area (TPSA) is 48.9 Å². The predicted octanol–water partition coefficient (Wildman–Crippen LogP) is 3.37. The summed E-state index contributed by atoms with van der Waals surface area (Å²) >= 11 is 1.97. The minimum atomic E-state index is 0. The van der Waals surface area contributed by atoms with E-state index in [-0.39, 0.29) is 30.0 Å². The number of hydrogen-bond donors (Lipinski definition) is 2. The molecular formula is C19H33IN4OS. The second kappa shape index (κ2) is 11.9. The maximum absolute atomic E-state index is 5.36. The van der Waals surface area contributed by atoms with Crippen molar-refractivity contribution in [2.75, 3.05) is 41.1 Å². The minimum absolute atomic E-state index is 0. The molecule has 0 bridgehead atoms. The monoisotopic (exact) mass is 492 g/mol. The lowest BCUT2D eigenvalue weighted by Gasteiger charge is -2.27. The number of nitrogens with one attached hydrogen (secondary N) is 2. The van der Waals surface area contributed by atoms with Gasteiger partial charge in [-0.15, -0.1) is 24.0 Å². The fraction of sp³-hybridized carbons (Fsp3) is 0.632. The SMILES string of the molecule is CN=C(NCC(c1cccc(OC)c1)N(C)C)NC1CCC(SC)C1.I. The van der Waals surface area contributed by atoms with Crippen LogP contribution in [0.1, 0.15) is 30.9 Å². The highest BCUT2D eigenvalue weighted by atomic mass is 127. The second-order valence-corrected chi connectivity index (χ2v) is 7.86. The first-order valence-corrected chi connectivity index (χ1v) is 10.2. The summed E-state index contributed by atoms with van der Waals surface area (Å²) in [4.78, 5) is 6.62. The van der Waals surface area contributed by atoms with E-state index in [0.717, 1.165) is 23.5 Å². The summed E-state index contributed by atoms with van der Waals surface area (Å²) in [5, 5.41) is 7.86. The minimum Gasteiger partial charge on any atom is -0.497 e. The maximum atomic E-state index is 5.36. The van der Waals surface area contributed by atoms with E-state index in [1.165, 1.54) is 24.8 Å². The zero-order valence-electron chi connectivity index (χ0n) is 16.5. The molecule has 0 amide bonds. The van der Waals surface area contributed by atoms with Crippen LogP contribution < -0.4 is 15.4 Å². The van der Waals surface area contributed by atoms with Gasteiger partial charge in [-0.1, -0.05) is 12.1 Å². The molecule has 0 spiro atoms. The fourth-order valence-electron chi connectivity index (χ4n) is 3.31. The van der Waals surface area contributed by atoms with Crippen LogP contribution >= 0.6 is 35.7 Å². The third kappa shape index (κ3) is 6.81. The number of ether oxygens (including phenoxy) is 1. The molecule has 5 nitrogen and oxygen atoms in total. The van der Waals surface area contributed by atoms with Crippen molar-refractivity contribution in [3.63, 3.8) is 0 Å². The average Bonchev–Trinajstić information content (AvgIpc) is 3.08. The first kappa shape index (κ1) is 23.4. The van der Waals surface area contributed by atoms with Crippen molar-refractivity contribution in [3.05, 3.63) is 29.8 Å². The zero-order valence-corrected chi connectivity index (χ0v) is 19.6. The number of methoxy groups -OCH3 is 1. The molecule has 26 heavy (non-hydrogen) atoms. The molecule has 2 N–H and O–H groups in total. The Kier molecular flexibility index (Phi) is 10.7. The van der Waals surface area contributed by atoms with Crippen LogP contribution in [0, 0.1) is 0 Å². The molecule has 1 aliphatic carbocycles. The van der Waals surface area contributed by atoms with Crippen molar-refractivity contribution >= 4 is 41.7 Å². The summed E-state index contributed by atoms with van der Waals surface area (Å²) in [5.41, 5.74) is 1.23. The quantitative estimate of drug-likeness (QED) is 0.347. The van der Waals surface area contributed by atoms with Gasteiger partial charge in [-0.05, 0) is 57.3 Å². The molecule has 0 radical (unpaired) electrons. The van der Waals surface area contributed by atoms with E-state index < -0.39 is 0 Å². The molecule has 0 heterocycles. The van der Waals surface area contributed by atoms with Crippen molar-refractivity contribution in [2.24, 2.45) is 4.99 Å². The Morgan fingerprint density at radius 2 is 2.15 bits per heavy atom. The van der Waals surface area contributed by atoms with E-state index >= 15 is 0 Å². The maximum Gasteiger partial charge on any atom is 0.191 e. The normalized spacial score (nSPS) is 21.2. The molecule has 1 aromatic carbocycles. The van der Waals surface area contributed by atoms with Gasteiger partial charge in [-0.3, -0.25) is 4.99 Å². The summed E-state index contributed by atoms with van der Waals surface area (Å²) in [6.45, 7) is 0.790. The van der Waals surface area contributed by atoms with E-state index in [0.29, 0.717) is 6.04 Å². The summed E-state index contributed by atoms with van der Waals surface area (Å²) in [6.07, 6.45) is 5.93. The molecular weight excluding hydrogens is 459 g/mol. The number of aliphatic imine (C=N–C) groups is 1. The molecule has 1 aliphatic rings. The highest BCUT2D eigenvalue weighted by Gasteiger charge is 2.24. The first-order chi connectivity index (χ1) is 12.1.